The molecule has 2 heterocycles. The molecule has 1 unspecified atom stereocenters. The van der Waals surface area contributed by atoms with Gasteiger partial charge in [-0.15, -0.1) is 0 Å². The molecule has 1 N–H and O–H groups in total. The summed E-state index contributed by atoms with van der Waals surface area (Å²) in [6, 6.07) is 5.93. The molecule has 4 heteroatoms. The Labute approximate surface area is 89.5 Å². The molecule has 1 aromatic rings. The molecule has 1 aliphatic rings. The van der Waals surface area contributed by atoms with E-state index in [1.54, 1.807) is 6.20 Å². The van der Waals surface area contributed by atoms with Crippen LogP contribution in [-0.4, -0.2) is 47.4 Å². The summed E-state index contributed by atoms with van der Waals surface area (Å²) >= 11 is 0. The molecule has 2 rings (SSSR count). The lowest BCUT2D eigenvalue weighted by Gasteiger charge is -2.31. The average molecular weight is 208 g/mol. The van der Waals surface area contributed by atoms with E-state index in [4.69, 9.17) is 9.84 Å². The third-order valence-corrected chi connectivity index (χ3v) is 2.54. The molecule has 0 amide bonds. The number of rotatable bonds is 3. The van der Waals surface area contributed by atoms with E-state index < -0.39 is 0 Å². The minimum absolute atomic E-state index is 0.0394. The van der Waals surface area contributed by atoms with Crippen molar-refractivity contribution in [2.45, 2.75) is 12.6 Å². The van der Waals surface area contributed by atoms with Gasteiger partial charge in [-0.05, 0) is 12.1 Å². The summed E-state index contributed by atoms with van der Waals surface area (Å²) in [7, 11) is 0. The lowest BCUT2D eigenvalue weighted by Crippen LogP contribution is -2.43. The van der Waals surface area contributed by atoms with E-state index in [0.717, 1.165) is 25.3 Å². The molecule has 0 aromatic carbocycles. The molecule has 0 spiro atoms. The monoisotopic (exact) mass is 208 g/mol. The van der Waals surface area contributed by atoms with Gasteiger partial charge in [-0.2, -0.15) is 0 Å². The van der Waals surface area contributed by atoms with E-state index >= 15 is 0 Å². The normalized spacial score (nSPS) is 22.9. The van der Waals surface area contributed by atoms with Gasteiger partial charge in [0.15, 0.2) is 0 Å². The van der Waals surface area contributed by atoms with Crippen molar-refractivity contribution in [2.24, 2.45) is 0 Å². The minimum Gasteiger partial charge on any atom is -0.394 e. The second-order valence-electron chi connectivity index (χ2n) is 3.73. The molecule has 0 aliphatic carbocycles. The van der Waals surface area contributed by atoms with E-state index in [-0.39, 0.29) is 12.7 Å². The number of ether oxygens (including phenoxy) is 1. The van der Waals surface area contributed by atoms with Gasteiger partial charge >= 0.3 is 0 Å². The Balaban J connectivity index is 1.89. The van der Waals surface area contributed by atoms with Gasteiger partial charge in [0.1, 0.15) is 0 Å². The van der Waals surface area contributed by atoms with Crippen molar-refractivity contribution >= 4 is 0 Å². The van der Waals surface area contributed by atoms with Gasteiger partial charge in [0.25, 0.3) is 0 Å². The number of morpholine rings is 1. The number of aromatic nitrogens is 1. The molecule has 0 saturated carbocycles. The van der Waals surface area contributed by atoms with Crippen molar-refractivity contribution in [1.29, 1.82) is 0 Å². The van der Waals surface area contributed by atoms with E-state index in [1.165, 1.54) is 0 Å². The first-order chi connectivity index (χ1) is 7.38. The number of hydrogen-bond donors (Lipinski definition) is 1. The quantitative estimate of drug-likeness (QED) is 0.774. The first-order valence-electron chi connectivity index (χ1n) is 5.23. The first kappa shape index (κ1) is 10.5. The largest absolute Gasteiger partial charge is 0.394 e. The van der Waals surface area contributed by atoms with Gasteiger partial charge in [-0.3, -0.25) is 9.88 Å². The molecule has 1 aliphatic heterocycles. The van der Waals surface area contributed by atoms with Crippen LogP contribution in [0.5, 0.6) is 0 Å². The zero-order valence-electron chi connectivity index (χ0n) is 8.67. The van der Waals surface area contributed by atoms with Crippen molar-refractivity contribution in [3.63, 3.8) is 0 Å². The number of hydrogen-bond acceptors (Lipinski definition) is 4. The van der Waals surface area contributed by atoms with Crippen LogP contribution in [0.1, 0.15) is 5.69 Å². The molecule has 0 bridgehead atoms. The van der Waals surface area contributed by atoms with Crippen LogP contribution in [0.4, 0.5) is 0 Å². The van der Waals surface area contributed by atoms with Crippen molar-refractivity contribution in [3.8, 4) is 0 Å². The van der Waals surface area contributed by atoms with Crippen molar-refractivity contribution in [2.75, 3.05) is 26.3 Å². The molecule has 82 valence electrons. The third-order valence-electron chi connectivity index (χ3n) is 2.54. The zero-order valence-corrected chi connectivity index (χ0v) is 8.67. The SMILES string of the molecule is OCC1CN(Cc2ccccn2)CCO1. The molecular weight excluding hydrogens is 192 g/mol. The lowest BCUT2D eigenvalue weighted by atomic mass is 10.2. The Morgan fingerprint density at radius 2 is 2.47 bits per heavy atom. The molecular formula is C11H16N2O2. The second kappa shape index (κ2) is 5.21. The third kappa shape index (κ3) is 2.99. The summed E-state index contributed by atoms with van der Waals surface area (Å²) < 4.78 is 5.38. The van der Waals surface area contributed by atoms with Crippen LogP contribution in [0.2, 0.25) is 0 Å². The van der Waals surface area contributed by atoms with Gasteiger partial charge < -0.3 is 9.84 Å². The molecule has 4 nitrogen and oxygen atoms in total. The fraction of sp³-hybridized carbons (Fsp3) is 0.545. The predicted octanol–water partition coefficient (Wildman–Crippen LogP) is 0.275. The van der Waals surface area contributed by atoms with E-state index in [9.17, 15) is 0 Å². The highest BCUT2D eigenvalue weighted by molar-refractivity contribution is 5.03. The maximum absolute atomic E-state index is 9.01. The van der Waals surface area contributed by atoms with Crippen LogP contribution >= 0.6 is 0 Å². The number of pyridine rings is 1. The molecule has 1 saturated heterocycles. The molecule has 1 fully saturated rings. The van der Waals surface area contributed by atoms with Crippen LogP contribution in [0.3, 0.4) is 0 Å². The van der Waals surface area contributed by atoms with Gasteiger partial charge in [-0.1, -0.05) is 6.07 Å². The Hall–Kier alpha value is -0.970. The Bertz CT molecular complexity index is 292. The van der Waals surface area contributed by atoms with Gasteiger partial charge in [0.05, 0.1) is 25.0 Å². The van der Waals surface area contributed by atoms with E-state index in [0.29, 0.717) is 6.61 Å². The lowest BCUT2D eigenvalue weighted by molar-refractivity contribution is -0.0553. The van der Waals surface area contributed by atoms with E-state index in [1.807, 2.05) is 18.2 Å². The van der Waals surface area contributed by atoms with Crippen molar-refractivity contribution in [1.82, 2.24) is 9.88 Å². The standard InChI is InChI=1S/C11H16N2O2/c14-9-11-8-13(5-6-15-11)7-10-3-1-2-4-12-10/h1-4,11,14H,5-9H2. The summed E-state index contributed by atoms with van der Waals surface area (Å²) in [6.45, 7) is 3.32. The smallest absolute Gasteiger partial charge is 0.0933 e. The topological polar surface area (TPSA) is 45.6 Å². The average Bonchev–Trinajstić information content (AvgIpc) is 2.31. The fourth-order valence-electron chi connectivity index (χ4n) is 1.76. The maximum Gasteiger partial charge on any atom is 0.0933 e. The highest BCUT2D eigenvalue weighted by Crippen LogP contribution is 2.08. The number of nitrogens with zero attached hydrogens (tertiary/aromatic N) is 2. The summed E-state index contributed by atoms with van der Waals surface area (Å²) in [5.41, 5.74) is 1.07. The Kier molecular flexibility index (Phi) is 3.66. The highest BCUT2D eigenvalue weighted by atomic mass is 16.5. The summed E-state index contributed by atoms with van der Waals surface area (Å²) in [5, 5.41) is 9.01. The van der Waals surface area contributed by atoms with Crippen LogP contribution in [0.15, 0.2) is 24.4 Å². The second-order valence-corrected chi connectivity index (χ2v) is 3.73. The molecule has 1 atom stereocenters. The fourth-order valence-corrected chi connectivity index (χ4v) is 1.76. The maximum atomic E-state index is 9.01. The van der Waals surface area contributed by atoms with Crippen LogP contribution in [0.25, 0.3) is 0 Å². The number of aliphatic hydroxyl groups is 1. The first-order valence-corrected chi connectivity index (χ1v) is 5.23. The summed E-state index contributed by atoms with van der Waals surface area (Å²) in [4.78, 5) is 6.54. The summed E-state index contributed by atoms with van der Waals surface area (Å²) in [6.07, 6.45) is 1.77. The highest BCUT2D eigenvalue weighted by Gasteiger charge is 2.19. The number of aliphatic hydroxyl groups excluding tert-OH is 1. The Morgan fingerprint density at radius 3 is 3.20 bits per heavy atom. The Morgan fingerprint density at radius 1 is 1.53 bits per heavy atom. The molecule has 0 radical (unpaired) electrons. The van der Waals surface area contributed by atoms with Crippen LogP contribution in [0, 0.1) is 0 Å². The predicted molar refractivity (Wildman–Crippen MR) is 56.3 cm³/mol. The van der Waals surface area contributed by atoms with Gasteiger partial charge in [0, 0.05) is 25.8 Å². The van der Waals surface area contributed by atoms with Crippen molar-refractivity contribution in [3.05, 3.63) is 30.1 Å². The van der Waals surface area contributed by atoms with E-state index in [2.05, 4.69) is 9.88 Å². The minimum atomic E-state index is -0.0394. The zero-order chi connectivity index (χ0) is 10.5. The van der Waals surface area contributed by atoms with Gasteiger partial charge in [0.2, 0.25) is 0 Å². The van der Waals surface area contributed by atoms with Gasteiger partial charge in [-0.25, -0.2) is 0 Å². The summed E-state index contributed by atoms with van der Waals surface area (Å²) in [5.74, 6) is 0. The van der Waals surface area contributed by atoms with Crippen molar-refractivity contribution < 1.29 is 9.84 Å². The van der Waals surface area contributed by atoms with Crippen LogP contribution in [-0.2, 0) is 11.3 Å². The van der Waals surface area contributed by atoms with Crippen LogP contribution < -0.4 is 0 Å². The molecule has 15 heavy (non-hydrogen) atoms. The molecule has 1 aromatic heterocycles.